The lowest BCUT2D eigenvalue weighted by Gasteiger charge is -2.19. The number of imide groups is 1. The molecule has 4 rings (SSSR count). The molecule has 1 aromatic heterocycles. The molecule has 2 aromatic rings. The minimum atomic E-state index is -0.305. The van der Waals surface area contributed by atoms with Gasteiger partial charge in [-0.2, -0.15) is 4.99 Å². The van der Waals surface area contributed by atoms with Crippen LogP contribution in [0.2, 0.25) is 0 Å². The van der Waals surface area contributed by atoms with Crippen LogP contribution in [-0.4, -0.2) is 33.7 Å². The highest BCUT2D eigenvalue weighted by Gasteiger charge is 2.47. The zero-order valence-corrected chi connectivity index (χ0v) is 17.4. The first-order valence-electron chi connectivity index (χ1n) is 10.1. The summed E-state index contributed by atoms with van der Waals surface area (Å²) in [6.45, 7) is 2.82. The summed E-state index contributed by atoms with van der Waals surface area (Å²) < 4.78 is 1.94. The van der Waals surface area contributed by atoms with E-state index in [0.717, 1.165) is 31.2 Å². The van der Waals surface area contributed by atoms with E-state index in [0.29, 0.717) is 11.3 Å². The molecule has 2 aliphatic rings. The number of fused-ring (bicyclic) bond motifs is 1. The standard InChI is InChI=1S/C22H25N3O3S/c1-15-6-8-16(9-7-15)14-24-12-13-29-22(24)23-19(26)10-11-25-20(27)17-4-2-3-5-18(17)21(25)28/h6-9,12-13,17-18H,2-5,10-11,14H2,1H3. The van der Waals surface area contributed by atoms with Crippen molar-refractivity contribution in [1.29, 1.82) is 0 Å². The van der Waals surface area contributed by atoms with E-state index in [2.05, 4.69) is 29.3 Å². The van der Waals surface area contributed by atoms with Gasteiger partial charge in [0.15, 0.2) is 4.80 Å². The Kier molecular flexibility index (Phi) is 5.76. The molecule has 2 fully saturated rings. The fraction of sp³-hybridized carbons (Fsp3) is 0.455. The van der Waals surface area contributed by atoms with Gasteiger partial charge in [-0.3, -0.25) is 19.3 Å². The lowest BCUT2D eigenvalue weighted by molar-refractivity contribution is -0.140. The number of nitrogens with zero attached hydrogens (tertiary/aromatic N) is 3. The molecule has 2 heterocycles. The van der Waals surface area contributed by atoms with Crippen LogP contribution in [0.1, 0.15) is 43.2 Å². The van der Waals surface area contributed by atoms with Crippen LogP contribution in [0, 0.1) is 18.8 Å². The van der Waals surface area contributed by atoms with Crippen molar-refractivity contribution in [2.75, 3.05) is 6.54 Å². The van der Waals surface area contributed by atoms with Gasteiger partial charge >= 0.3 is 0 Å². The molecular weight excluding hydrogens is 386 g/mol. The average molecular weight is 412 g/mol. The van der Waals surface area contributed by atoms with Gasteiger partial charge in [0.05, 0.1) is 11.8 Å². The van der Waals surface area contributed by atoms with E-state index in [1.54, 1.807) is 0 Å². The van der Waals surface area contributed by atoms with Gasteiger partial charge in [-0.15, -0.1) is 11.3 Å². The normalized spacial score (nSPS) is 22.2. The van der Waals surface area contributed by atoms with Crippen LogP contribution in [0.5, 0.6) is 0 Å². The van der Waals surface area contributed by atoms with E-state index >= 15 is 0 Å². The number of hydrogen-bond donors (Lipinski definition) is 0. The Labute approximate surface area is 173 Å². The summed E-state index contributed by atoms with van der Waals surface area (Å²) in [6.07, 6.45) is 5.56. The van der Waals surface area contributed by atoms with Crippen molar-refractivity contribution >= 4 is 29.1 Å². The fourth-order valence-electron chi connectivity index (χ4n) is 4.22. The maximum absolute atomic E-state index is 12.5. The highest BCUT2D eigenvalue weighted by molar-refractivity contribution is 7.07. The van der Waals surface area contributed by atoms with Crippen molar-refractivity contribution < 1.29 is 14.4 Å². The summed E-state index contributed by atoms with van der Waals surface area (Å²) in [5.41, 5.74) is 2.34. The van der Waals surface area contributed by atoms with Crippen LogP contribution in [0.25, 0.3) is 0 Å². The van der Waals surface area contributed by atoms with Crippen molar-refractivity contribution in [3.05, 3.63) is 51.8 Å². The third-order valence-electron chi connectivity index (χ3n) is 5.84. The number of carbonyl (C=O) groups excluding carboxylic acids is 3. The second kappa shape index (κ2) is 8.45. The van der Waals surface area contributed by atoms with Crippen molar-refractivity contribution in [3.63, 3.8) is 0 Å². The number of benzene rings is 1. The molecule has 7 heteroatoms. The Hall–Kier alpha value is -2.54. The minimum absolute atomic E-state index is 0.0688. The first kappa shape index (κ1) is 19.8. The van der Waals surface area contributed by atoms with Crippen molar-refractivity contribution in [3.8, 4) is 0 Å². The van der Waals surface area contributed by atoms with Crippen LogP contribution in [0.15, 0.2) is 40.8 Å². The lowest BCUT2D eigenvalue weighted by Crippen LogP contribution is -2.33. The first-order valence-corrected chi connectivity index (χ1v) is 11.0. The predicted molar refractivity (Wildman–Crippen MR) is 110 cm³/mol. The maximum atomic E-state index is 12.5. The van der Waals surface area contributed by atoms with E-state index in [1.165, 1.54) is 21.8 Å². The average Bonchev–Trinajstić information content (AvgIpc) is 3.25. The Morgan fingerprint density at radius 3 is 2.41 bits per heavy atom. The SMILES string of the molecule is Cc1ccc(Cn2ccsc2=NC(=O)CCN2C(=O)C3CCCCC3C2=O)cc1. The van der Waals surface area contributed by atoms with Gasteiger partial charge in [-0.1, -0.05) is 42.7 Å². The van der Waals surface area contributed by atoms with E-state index in [-0.39, 0.29) is 42.5 Å². The van der Waals surface area contributed by atoms with Crippen LogP contribution in [0.3, 0.4) is 0 Å². The van der Waals surface area contributed by atoms with Gasteiger partial charge in [0.25, 0.3) is 0 Å². The molecule has 6 nitrogen and oxygen atoms in total. The molecule has 1 aromatic carbocycles. The molecule has 3 amide bonds. The Bertz CT molecular complexity index is 965. The summed E-state index contributed by atoms with van der Waals surface area (Å²) >= 11 is 1.40. The van der Waals surface area contributed by atoms with Gasteiger partial charge in [-0.25, -0.2) is 0 Å². The molecule has 0 radical (unpaired) electrons. The van der Waals surface area contributed by atoms with Crippen molar-refractivity contribution in [1.82, 2.24) is 9.47 Å². The third kappa shape index (κ3) is 4.24. The van der Waals surface area contributed by atoms with Gasteiger partial charge < -0.3 is 4.57 Å². The number of amides is 3. The second-order valence-electron chi connectivity index (χ2n) is 7.88. The predicted octanol–water partition coefficient (Wildman–Crippen LogP) is 2.90. The Morgan fingerprint density at radius 2 is 1.76 bits per heavy atom. The number of rotatable bonds is 5. The molecule has 152 valence electrons. The lowest BCUT2D eigenvalue weighted by atomic mass is 9.81. The number of thiazole rings is 1. The molecule has 0 N–H and O–H groups in total. The molecule has 1 saturated heterocycles. The molecule has 0 bridgehead atoms. The molecule has 1 aliphatic heterocycles. The molecule has 0 spiro atoms. The number of aromatic nitrogens is 1. The van der Waals surface area contributed by atoms with Crippen molar-refractivity contribution in [2.24, 2.45) is 16.8 Å². The van der Waals surface area contributed by atoms with E-state index in [1.807, 2.05) is 23.1 Å². The van der Waals surface area contributed by atoms with Gasteiger partial charge in [0, 0.05) is 31.1 Å². The van der Waals surface area contributed by atoms with E-state index in [4.69, 9.17) is 0 Å². The number of aryl methyl sites for hydroxylation is 1. The Balaban J connectivity index is 1.40. The zero-order chi connectivity index (χ0) is 20.4. The fourth-order valence-corrected chi connectivity index (χ4v) is 4.96. The molecule has 1 aliphatic carbocycles. The van der Waals surface area contributed by atoms with Crippen LogP contribution in [0.4, 0.5) is 0 Å². The molecule has 2 unspecified atom stereocenters. The molecule has 1 saturated carbocycles. The Morgan fingerprint density at radius 1 is 1.10 bits per heavy atom. The van der Waals surface area contributed by atoms with Gasteiger partial charge in [-0.05, 0) is 25.3 Å². The highest BCUT2D eigenvalue weighted by atomic mass is 32.1. The quantitative estimate of drug-likeness (QED) is 0.710. The number of likely N-dealkylation sites (tertiary alicyclic amines) is 1. The summed E-state index contributed by atoms with van der Waals surface area (Å²) in [6, 6.07) is 8.25. The zero-order valence-electron chi connectivity index (χ0n) is 16.5. The van der Waals surface area contributed by atoms with Crippen LogP contribution < -0.4 is 4.80 Å². The summed E-state index contributed by atoms with van der Waals surface area (Å²) in [4.78, 5) is 43.6. The van der Waals surface area contributed by atoms with Crippen LogP contribution in [-0.2, 0) is 20.9 Å². The first-order chi connectivity index (χ1) is 14.0. The topological polar surface area (TPSA) is 71.7 Å². The van der Waals surface area contributed by atoms with Gasteiger partial charge in [0.2, 0.25) is 17.7 Å². The summed E-state index contributed by atoms with van der Waals surface area (Å²) in [7, 11) is 0. The van der Waals surface area contributed by atoms with E-state index in [9.17, 15) is 14.4 Å². The number of carbonyl (C=O) groups is 3. The van der Waals surface area contributed by atoms with E-state index < -0.39 is 0 Å². The summed E-state index contributed by atoms with van der Waals surface area (Å²) in [5, 5.41) is 1.90. The largest absolute Gasteiger partial charge is 0.319 e. The van der Waals surface area contributed by atoms with Crippen LogP contribution >= 0.6 is 11.3 Å². The monoisotopic (exact) mass is 411 g/mol. The van der Waals surface area contributed by atoms with Crippen molar-refractivity contribution in [2.45, 2.75) is 45.6 Å². The second-order valence-corrected chi connectivity index (χ2v) is 8.75. The minimum Gasteiger partial charge on any atom is -0.319 e. The maximum Gasteiger partial charge on any atom is 0.250 e. The molecular formula is C22H25N3O3S. The number of hydrogen-bond acceptors (Lipinski definition) is 4. The highest BCUT2D eigenvalue weighted by Crippen LogP contribution is 2.37. The molecule has 2 atom stereocenters. The third-order valence-corrected chi connectivity index (χ3v) is 6.63. The van der Waals surface area contributed by atoms with Gasteiger partial charge in [0.1, 0.15) is 0 Å². The molecule has 29 heavy (non-hydrogen) atoms. The summed E-state index contributed by atoms with van der Waals surface area (Å²) in [5.74, 6) is -0.841. The smallest absolute Gasteiger partial charge is 0.250 e.